The van der Waals surface area contributed by atoms with Crippen LogP contribution in [0.4, 0.5) is 9.93 Å². The van der Waals surface area contributed by atoms with Crippen molar-refractivity contribution in [3.63, 3.8) is 0 Å². The van der Waals surface area contributed by atoms with Crippen LogP contribution < -0.4 is 16.0 Å². The van der Waals surface area contributed by atoms with Gasteiger partial charge in [-0.15, -0.1) is 0 Å². The molecular weight excluding hydrogens is 518 g/mol. The van der Waals surface area contributed by atoms with Gasteiger partial charge in [0, 0.05) is 42.8 Å². The largest absolute Gasteiger partial charge is 0.450 e. The summed E-state index contributed by atoms with van der Waals surface area (Å²) < 4.78 is 12.0. The van der Waals surface area contributed by atoms with Crippen LogP contribution in [-0.2, 0) is 19.9 Å². The van der Waals surface area contributed by atoms with Gasteiger partial charge < -0.3 is 20.1 Å². The minimum absolute atomic E-state index is 0.271. The summed E-state index contributed by atoms with van der Waals surface area (Å²) in [5, 5.41) is 9.09. The van der Waals surface area contributed by atoms with E-state index in [1.54, 1.807) is 32.4 Å². The van der Waals surface area contributed by atoms with Crippen molar-refractivity contribution < 1.29 is 19.1 Å². The molecule has 0 spiro atoms. The molecule has 1 aliphatic rings. The maximum atomic E-state index is 12.6. The van der Waals surface area contributed by atoms with Crippen LogP contribution in [0.25, 0.3) is 32.6 Å². The average Bonchev–Trinajstić information content (AvgIpc) is 3.35. The summed E-state index contributed by atoms with van der Waals surface area (Å²) in [6.45, 7) is 7.31. The molecule has 39 heavy (non-hydrogen) atoms. The topological polar surface area (TPSA) is 140 Å². The molecule has 1 atom stereocenters. The number of pyridine rings is 1. The highest BCUT2D eigenvalue weighted by atomic mass is 32.1. The molecule has 2 amide bonds. The first kappa shape index (κ1) is 26.6. The Morgan fingerprint density at radius 3 is 2.69 bits per heavy atom. The lowest BCUT2D eigenvalue weighted by molar-refractivity contribution is -0.163. The third kappa shape index (κ3) is 6.03. The van der Waals surface area contributed by atoms with Crippen molar-refractivity contribution in [2.45, 2.75) is 32.4 Å². The van der Waals surface area contributed by atoms with Gasteiger partial charge in [0.25, 0.3) is 0 Å². The zero-order valence-electron chi connectivity index (χ0n) is 21.9. The van der Waals surface area contributed by atoms with Gasteiger partial charge in [-0.25, -0.2) is 19.7 Å². The normalized spacial score (nSPS) is 15.6. The maximum Gasteiger partial charge on any atom is 0.326 e. The fourth-order valence-electron chi connectivity index (χ4n) is 4.14. The number of benzene rings is 1. The zero-order chi connectivity index (χ0) is 27.4. The highest BCUT2D eigenvalue weighted by Gasteiger charge is 2.33. The van der Waals surface area contributed by atoms with Crippen LogP contribution in [0.3, 0.4) is 0 Å². The van der Waals surface area contributed by atoms with Gasteiger partial charge in [0.15, 0.2) is 16.6 Å². The van der Waals surface area contributed by atoms with Crippen molar-refractivity contribution >= 4 is 38.7 Å². The van der Waals surface area contributed by atoms with Gasteiger partial charge >= 0.3 is 12.0 Å². The number of rotatable bonds is 7. The van der Waals surface area contributed by atoms with E-state index in [-0.39, 0.29) is 12.6 Å². The van der Waals surface area contributed by atoms with Crippen molar-refractivity contribution in [2.24, 2.45) is 0 Å². The van der Waals surface area contributed by atoms with Crippen LogP contribution in [0.15, 0.2) is 48.9 Å². The fraction of sp³-hybridized carbons (Fsp3) is 0.333. The SMILES string of the molecule is CCNC(=O)Nc1nc2cc(-c3cnc(C(C)(C)OC(=O)[C@H]4COCCN4)nc3)cc(-c3ccccn3)c2s1. The number of fused-ring (bicyclic) bond motifs is 1. The summed E-state index contributed by atoms with van der Waals surface area (Å²) in [5.74, 6) is -0.0252. The third-order valence-corrected chi connectivity index (χ3v) is 7.09. The highest BCUT2D eigenvalue weighted by molar-refractivity contribution is 7.22. The quantitative estimate of drug-likeness (QED) is 0.295. The van der Waals surface area contributed by atoms with E-state index in [4.69, 9.17) is 9.47 Å². The lowest BCUT2D eigenvalue weighted by Gasteiger charge is -2.28. The van der Waals surface area contributed by atoms with Crippen molar-refractivity contribution in [1.82, 2.24) is 30.6 Å². The Labute approximate surface area is 229 Å². The summed E-state index contributed by atoms with van der Waals surface area (Å²) in [6.07, 6.45) is 5.13. The fourth-order valence-corrected chi connectivity index (χ4v) is 5.10. The maximum absolute atomic E-state index is 12.6. The Morgan fingerprint density at radius 1 is 1.18 bits per heavy atom. The number of morpholine rings is 1. The monoisotopic (exact) mass is 547 g/mol. The molecule has 0 saturated carbocycles. The number of nitrogens with one attached hydrogen (secondary N) is 3. The number of aromatic nitrogens is 4. The number of ether oxygens (including phenoxy) is 2. The van der Waals surface area contributed by atoms with E-state index in [0.717, 1.165) is 27.1 Å². The number of carbonyl (C=O) groups is 2. The lowest BCUT2D eigenvalue weighted by Crippen LogP contribution is -2.49. The summed E-state index contributed by atoms with van der Waals surface area (Å²) in [5.41, 5.74) is 2.93. The summed E-state index contributed by atoms with van der Waals surface area (Å²) in [4.78, 5) is 42.9. The van der Waals surface area contributed by atoms with Gasteiger partial charge in [0.05, 0.1) is 29.1 Å². The number of anilines is 1. The molecule has 5 rings (SSSR count). The Balaban J connectivity index is 1.45. The predicted molar refractivity (Wildman–Crippen MR) is 148 cm³/mol. The number of thiazole rings is 1. The Hall–Kier alpha value is -4.00. The van der Waals surface area contributed by atoms with Crippen LogP contribution in [0.5, 0.6) is 0 Å². The van der Waals surface area contributed by atoms with E-state index in [1.165, 1.54) is 11.3 Å². The molecule has 1 aromatic carbocycles. The summed E-state index contributed by atoms with van der Waals surface area (Å²) in [6, 6.07) is 8.83. The Morgan fingerprint density at radius 2 is 2.00 bits per heavy atom. The average molecular weight is 548 g/mol. The molecule has 0 radical (unpaired) electrons. The Kier molecular flexibility index (Phi) is 7.77. The molecule has 4 aromatic rings. The number of carbonyl (C=O) groups excluding carboxylic acids is 2. The van der Waals surface area contributed by atoms with Crippen LogP contribution >= 0.6 is 11.3 Å². The molecule has 12 heteroatoms. The second-order valence-corrected chi connectivity index (χ2v) is 10.4. The first-order valence-electron chi connectivity index (χ1n) is 12.6. The molecule has 1 fully saturated rings. The molecule has 0 unspecified atom stereocenters. The van der Waals surface area contributed by atoms with Crippen LogP contribution in [0.1, 0.15) is 26.6 Å². The molecule has 3 N–H and O–H groups in total. The molecule has 0 bridgehead atoms. The number of urea groups is 1. The number of hydrogen-bond acceptors (Lipinski definition) is 10. The zero-order valence-corrected chi connectivity index (χ0v) is 22.7. The predicted octanol–water partition coefficient (Wildman–Crippen LogP) is 3.72. The Bertz CT molecular complexity index is 1470. The molecule has 1 saturated heterocycles. The lowest BCUT2D eigenvalue weighted by atomic mass is 10.0. The van der Waals surface area contributed by atoms with E-state index in [9.17, 15) is 9.59 Å². The first-order valence-corrected chi connectivity index (χ1v) is 13.4. The molecular formula is C27H29N7O4S. The molecule has 0 aliphatic carbocycles. The molecule has 11 nitrogen and oxygen atoms in total. The van der Waals surface area contributed by atoms with E-state index in [1.807, 2.05) is 37.3 Å². The van der Waals surface area contributed by atoms with Gasteiger partial charge in [-0.05, 0) is 50.6 Å². The van der Waals surface area contributed by atoms with Gasteiger partial charge in [0.2, 0.25) is 0 Å². The molecule has 4 heterocycles. The van der Waals surface area contributed by atoms with Gasteiger partial charge in [-0.2, -0.15) is 0 Å². The van der Waals surface area contributed by atoms with E-state index >= 15 is 0 Å². The summed E-state index contributed by atoms with van der Waals surface area (Å²) >= 11 is 1.38. The van der Waals surface area contributed by atoms with Crippen LogP contribution in [0.2, 0.25) is 0 Å². The van der Waals surface area contributed by atoms with Gasteiger partial charge in [-0.1, -0.05) is 17.4 Å². The van der Waals surface area contributed by atoms with Crippen LogP contribution in [-0.4, -0.2) is 64.3 Å². The summed E-state index contributed by atoms with van der Waals surface area (Å²) in [7, 11) is 0. The third-order valence-electron chi connectivity index (χ3n) is 6.07. The van der Waals surface area contributed by atoms with Crippen molar-refractivity contribution in [1.29, 1.82) is 0 Å². The minimum Gasteiger partial charge on any atom is -0.450 e. The van der Waals surface area contributed by atoms with Crippen molar-refractivity contribution in [2.75, 3.05) is 31.6 Å². The second-order valence-electron chi connectivity index (χ2n) is 9.40. The standard InChI is InChI=1S/C27H29N7O4S/c1-4-28-25(36)34-26-33-20-12-16(11-18(22(20)39-26)19-7-5-6-8-29-19)17-13-31-24(32-14-17)27(2,3)38-23(35)21-15-37-10-9-30-21/h5-8,11-14,21,30H,4,9-10,15H2,1-3H3,(H2,28,33,34,36)/t21-/m1/s1. The molecule has 202 valence electrons. The van der Waals surface area contributed by atoms with Gasteiger partial charge in [0.1, 0.15) is 6.04 Å². The van der Waals surface area contributed by atoms with Gasteiger partial charge in [-0.3, -0.25) is 15.1 Å². The second kappa shape index (κ2) is 11.4. The van der Waals surface area contributed by atoms with Crippen molar-refractivity contribution in [3.8, 4) is 22.4 Å². The first-order chi connectivity index (χ1) is 18.8. The molecule has 1 aliphatic heterocycles. The van der Waals surface area contributed by atoms with Crippen molar-refractivity contribution in [3.05, 3.63) is 54.7 Å². The van der Waals surface area contributed by atoms with Crippen LogP contribution in [0, 0.1) is 0 Å². The number of esters is 1. The number of hydrogen-bond donors (Lipinski definition) is 3. The number of amides is 2. The van der Waals surface area contributed by atoms with E-state index in [0.29, 0.717) is 36.2 Å². The number of nitrogens with zero attached hydrogens (tertiary/aromatic N) is 4. The van der Waals surface area contributed by atoms with E-state index in [2.05, 4.69) is 35.9 Å². The molecule has 3 aromatic heterocycles. The minimum atomic E-state index is -1.04. The highest BCUT2D eigenvalue weighted by Crippen LogP contribution is 2.38. The van der Waals surface area contributed by atoms with E-state index < -0.39 is 17.6 Å². The smallest absolute Gasteiger partial charge is 0.326 e.